The van der Waals surface area contributed by atoms with Crippen LogP contribution in [0.3, 0.4) is 0 Å². The zero-order valence-electron chi connectivity index (χ0n) is 41.2. The lowest BCUT2D eigenvalue weighted by Gasteiger charge is -2.44. The van der Waals surface area contributed by atoms with Crippen LogP contribution in [0.1, 0.15) is 96.4 Å². The van der Waals surface area contributed by atoms with Crippen molar-refractivity contribution in [3.05, 3.63) is 97.1 Å². The first-order valence-electron chi connectivity index (χ1n) is 24.1. The molecule has 388 valence electrons. The van der Waals surface area contributed by atoms with Crippen LogP contribution < -0.4 is 37.4 Å². The number of halogens is 5. The third-order valence-corrected chi connectivity index (χ3v) is 18.7. The smallest absolute Gasteiger partial charge is 0.423 e. The summed E-state index contributed by atoms with van der Waals surface area (Å²) < 4.78 is 21.1. The molecule has 24 heteroatoms. The first-order valence-corrected chi connectivity index (χ1v) is 27.5. The molecule has 2 saturated heterocycles. The van der Waals surface area contributed by atoms with Gasteiger partial charge in [0, 0.05) is 68.6 Å². The highest BCUT2D eigenvalue weighted by Crippen LogP contribution is 2.48. The van der Waals surface area contributed by atoms with E-state index in [1.165, 1.54) is 50.3 Å². The Labute approximate surface area is 452 Å². The van der Waals surface area contributed by atoms with Gasteiger partial charge in [-0.15, -0.1) is 0 Å². The first-order chi connectivity index (χ1) is 34.2. The Bertz CT molecular complexity index is 2880. The van der Waals surface area contributed by atoms with Gasteiger partial charge in [-0.3, -0.25) is 8.80 Å². The Morgan fingerprint density at radius 3 is 1.79 bits per heavy atom. The SMILES string of the molecule is Cc1nc(N2CCC3(CCC[C@H]3N)CC2)n2ccnc2c1-c1ccc(Cl)c(Cl)c1.Cc1nc(N2CCC3(CCC[C@H]3N[S@](=O)C(C)(C)C)CC2)n2ccnc2c1Br.N/N=N/N.OB(O)c1ccc(Cl)c(Cl)c1. The number of hydrogen-bond donors (Lipinski definition) is 6. The van der Waals surface area contributed by atoms with Gasteiger partial charge < -0.3 is 37.3 Å². The molecule has 0 unspecified atom stereocenters. The second-order valence-corrected chi connectivity index (χ2v) is 24.4. The molecular weight excluding hydrogens is 1090 g/mol. The van der Waals surface area contributed by atoms with Crippen molar-refractivity contribution in [1.82, 2.24) is 33.5 Å². The number of piperidine rings is 2. The minimum absolute atomic E-state index is 0.226. The van der Waals surface area contributed by atoms with E-state index in [1.54, 1.807) is 0 Å². The van der Waals surface area contributed by atoms with Gasteiger partial charge in [0.2, 0.25) is 11.9 Å². The Morgan fingerprint density at radius 1 is 0.750 bits per heavy atom. The number of fused-ring (bicyclic) bond motifs is 2. The van der Waals surface area contributed by atoms with Gasteiger partial charge in [-0.1, -0.05) is 81.8 Å². The molecule has 2 aromatic carbocycles. The Balaban J connectivity index is 0.000000165. The van der Waals surface area contributed by atoms with E-state index in [4.69, 9.17) is 72.2 Å². The summed E-state index contributed by atoms with van der Waals surface area (Å²) in [4.78, 5) is 23.7. The van der Waals surface area contributed by atoms with Gasteiger partial charge in [0.05, 0.1) is 51.7 Å². The van der Waals surface area contributed by atoms with Gasteiger partial charge in [0.1, 0.15) is 5.65 Å². The quantitative estimate of drug-likeness (QED) is 0.0397. The summed E-state index contributed by atoms with van der Waals surface area (Å²) in [6.45, 7) is 14.1. The Hall–Kier alpha value is -3.83. The normalized spacial score (nSPS) is 19.8. The molecule has 72 heavy (non-hydrogen) atoms. The van der Waals surface area contributed by atoms with Crippen LogP contribution in [0.4, 0.5) is 11.9 Å². The van der Waals surface area contributed by atoms with Crippen LogP contribution in [0.25, 0.3) is 22.4 Å². The summed E-state index contributed by atoms with van der Waals surface area (Å²) in [6.07, 6.45) is 19.4. The molecule has 2 spiro atoms. The van der Waals surface area contributed by atoms with Crippen molar-refractivity contribution in [2.24, 2.45) is 38.7 Å². The number of benzene rings is 2. The Morgan fingerprint density at radius 2 is 1.26 bits per heavy atom. The summed E-state index contributed by atoms with van der Waals surface area (Å²) >= 11 is 27.2. The van der Waals surface area contributed by atoms with Crippen LogP contribution in [-0.4, -0.2) is 93.1 Å². The van der Waals surface area contributed by atoms with Crippen molar-refractivity contribution in [2.45, 2.75) is 116 Å². The zero-order valence-corrected chi connectivity index (χ0v) is 46.6. The third kappa shape index (κ3) is 12.3. The molecule has 4 aromatic heterocycles. The number of nitrogens with two attached hydrogens (primary N) is 3. The molecule has 4 aliphatic rings. The number of nitrogens with zero attached hydrogens (tertiary/aromatic N) is 10. The van der Waals surface area contributed by atoms with Gasteiger partial charge in [0.25, 0.3) is 0 Å². The van der Waals surface area contributed by atoms with E-state index < -0.39 is 18.1 Å². The standard InChI is InChI=1S/C22H25Cl2N5.C20H30BrN5OS.C6H5BCl2O2.H4N4/c1-14-19(15-4-5-16(23)17(24)13-15)20-26-9-12-29(20)21(27-14)28-10-7-22(8-11-28)6-2-3-18(22)25;1-14-16(21)17-22-10-13-26(17)18(23-14)25-11-8-20(9-12-25)7-5-6-15(20)24-28(27)19(2,3)4;8-5-2-1-4(7(10)11)3-6(5)9;1-3-4-2/h4-5,9,12-13,18H,2-3,6-8,10-11,25H2,1H3;10,13,15,24H,5-9,11-12H2,1-4H3;1-3,10-11H;(H2,1,4)(H2,2,3)/t18-;15-,28-;;/m11../s1. The second-order valence-electron chi connectivity index (χ2n) is 20.0. The van der Waals surface area contributed by atoms with Gasteiger partial charge in [0.15, 0.2) is 5.65 Å². The van der Waals surface area contributed by atoms with Gasteiger partial charge in [-0.25, -0.2) is 28.9 Å². The molecule has 10 rings (SSSR count). The first kappa shape index (κ1) is 55.9. The largest absolute Gasteiger partial charge is 0.488 e. The van der Waals surface area contributed by atoms with E-state index in [2.05, 4.69) is 71.4 Å². The summed E-state index contributed by atoms with van der Waals surface area (Å²) in [7, 11) is -2.51. The van der Waals surface area contributed by atoms with E-state index in [9.17, 15) is 4.21 Å². The lowest BCUT2D eigenvalue weighted by molar-refractivity contribution is 0.187. The fraction of sp³-hybridized carbons (Fsp3) is 0.500. The second kappa shape index (κ2) is 23.8. The number of rotatable bonds is 6. The summed E-state index contributed by atoms with van der Waals surface area (Å²) in [6, 6.07) is 10.8. The van der Waals surface area contributed by atoms with Crippen molar-refractivity contribution < 1.29 is 14.3 Å². The topological polar surface area (TPSA) is 239 Å². The summed E-state index contributed by atoms with van der Waals surface area (Å²) in [5, 5.41) is 24.5. The van der Waals surface area contributed by atoms with Crippen molar-refractivity contribution in [3.63, 3.8) is 0 Å². The fourth-order valence-corrected chi connectivity index (χ4v) is 12.5. The number of aromatic nitrogens is 6. The molecule has 6 heterocycles. The van der Waals surface area contributed by atoms with Crippen molar-refractivity contribution in [3.8, 4) is 11.1 Å². The molecule has 17 nitrogen and oxygen atoms in total. The van der Waals surface area contributed by atoms with Gasteiger partial charge in [-0.2, -0.15) is 0 Å². The van der Waals surface area contributed by atoms with Crippen molar-refractivity contribution in [2.75, 3.05) is 36.0 Å². The summed E-state index contributed by atoms with van der Waals surface area (Å²) in [5.74, 6) is 10.7. The number of anilines is 2. The number of nitrogens with one attached hydrogen (secondary N) is 1. The molecule has 2 aliphatic heterocycles. The van der Waals surface area contributed by atoms with E-state index in [1.807, 2.05) is 77.6 Å². The zero-order chi connectivity index (χ0) is 52.1. The molecule has 0 radical (unpaired) electrons. The maximum Gasteiger partial charge on any atom is 0.488 e. The highest BCUT2D eigenvalue weighted by molar-refractivity contribution is 9.10. The minimum Gasteiger partial charge on any atom is -0.423 e. The maximum absolute atomic E-state index is 12.7. The number of hydrogen-bond acceptors (Lipinski definition) is 12. The van der Waals surface area contributed by atoms with E-state index in [0.29, 0.717) is 43.1 Å². The minimum atomic E-state index is -1.50. The highest BCUT2D eigenvalue weighted by atomic mass is 79.9. The lowest BCUT2D eigenvalue weighted by Crippen LogP contribution is -2.51. The molecule has 3 atom stereocenters. The van der Waals surface area contributed by atoms with Crippen LogP contribution in [0.2, 0.25) is 20.1 Å². The molecule has 4 fully saturated rings. The molecule has 2 saturated carbocycles. The molecule has 9 N–H and O–H groups in total. The molecule has 6 aromatic rings. The van der Waals surface area contributed by atoms with Crippen LogP contribution in [0.5, 0.6) is 0 Å². The molecule has 0 amide bonds. The average Bonchev–Trinajstić information content (AvgIpc) is 4.19. The fourth-order valence-electron chi connectivity index (χ4n) is 10.5. The van der Waals surface area contributed by atoms with E-state index in [0.717, 1.165) is 108 Å². The van der Waals surface area contributed by atoms with Crippen LogP contribution >= 0.6 is 62.3 Å². The van der Waals surface area contributed by atoms with E-state index >= 15 is 0 Å². The molecular formula is C48H64BBrCl4N14O3S. The summed E-state index contributed by atoms with van der Waals surface area (Å²) in [5.41, 5.74) is 13.1. The van der Waals surface area contributed by atoms with Gasteiger partial charge in [-0.05, 0) is 148 Å². The van der Waals surface area contributed by atoms with Gasteiger partial charge >= 0.3 is 7.12 Å². The number of imidazole rings is 2. The maximum atomic E-state index is 12.7. The average molecular weight is 1150 g/mol. The van der Waals surface area contributed by atoms with Crippen LogP contribution in [-0.2, 0) is 11.0 Å². The third-order valence-electron chi connectivity index (χ3n) is 14.6. The molecule has 0 bridgehead atoms. The predicted octanol–water partition coefficient (Wildman–Crippen LogP) is 8.96. The monoisotopic (exact) mass is 1150 g/mol. The number of aryl methyl sites for hydroxylation is 2. The van der Waals surface area contributed by atoms with Crippen molar-refractivity contribution in [1.29, 1.82) is 0 Å². The molecule has 2 aliphatic carbocycles. The highest BCUT2D eigenvalue weighted by Gasteiger charge is 2.47. The predicted molar refractivity (Wildman–Crippen MR) is 296 cm³/mol. The van der Waals surface area contributed by atoms with E-state index in [-0.39, 0.29) is 10.2 Å². The Kier molecular flexibility index (Phi) is 18.5. The van der Waals surface area contributed by atoms with Crippen LogP contribution in [0, 0.1) is 24.7 Å². The van der Waals surface area contributed by atoms with Crippen LogP contribution in [0.15, 0.2) is 76.1 Å². The lowest BCUT2D eigenvalue weighted by atomic mass is 9.74. The van der Waals surface area contributed by atoms with Crippen molar-refractivity contribution >= 4 is 109 Å².